The molecular weight excluding hydrogens is 342 g/mol. The summed E-state index contributed by atoms with van der Waals surface area (Å²) in [7, 11) is 0. The van der Waals surface area contributed by atoms with Crippen molar-refractivity contribution in [3.8, 4) is 0 Å². The van der Waals surface area contributed by atoms with Gasteiger partial charge in [-0.05, 0) is 72.5 Å². The topological polar surface area (TPSA) is 45.2 Å². The average Bonchev–Trinajstić information content (AvgIpc) is 2.44. The van der Waals surface area contributed by atoms with Crippen LogP contribution in [0.4, 0.5) is 5.82 Å². The van der Waals surface area contributed by atoms with Gasteiger partial charge in [-0.1, -0.05) is 0 Å². The zero-order valence-corrected chi connectivity index (χ0v) is 14.7. The summed E-state index contributed by atoms with van der Waals surface area (Å²) in [6, 6.07) is 2.57. The molecule has 0 atom stereocenters. The van der Waals surface area contributed by atoms with E-state index in [0.717, 1.165) is 36.2 Å². The summed E-state index contributed by atoms with van der Waals surface area (Å²) in [5.74, 6) is 1.86. The van der Waals surface area contributed by atoms with Crippen LogP contribution >= 0.6 is 15.9 Å². The van der Waals surface area contributed by atoms with E-state index in [4.69, 9.17) is 0 Å². The molecule has 2 aliphatic rings. The van der Waals surface area contributed by atoms with Crippen molar-refractivity contribution in [1.29, 1.82) is 0 Å². The van der Waals surface area contributed by atoms with Gasteiger partial charge in [0.1, 0.15) is 5.82 Å². The third-order valence-corrected chi connectivity index (χ3v) is 5.31. The zero-order valence-electron chi connectivity index (χ0n) is 13.1. The van der Waals surface area contributed by atoms with Crippen molar-refractivity contribution in [3.63, 3.8) is 0 Å². The van der Waals surface area contributed by atoms with E-state index in [-0.39, 0.29) is 5.91 Å². The van der Waals surface area contributed by atoms with Gasteiger partial charge in [0.25, 0.3) is 0 Å². The van der Waals surface area contributed by atoms with E-state index in [9.17, 15) is 4.79 Å². The zero-order chi connectivity index (χ0) is 15.5. The Hall–Kier alpha value is -1.10. The Morgan fingerprint density at radius 1 is 1.36 bits per heavy atom. The van der Waals surface area contributed by atoms with Crippen LogP contribution in [0.3, 0.4) is 0 Å². The summed E-state index contributed by atoms with van der Waals surface area (Å²) in [6.45, 7) is 4.10. The number of pyridine rings is 1. The van der Waals surface area contributed by atoms with Gasteiger partial charge in [0, 0.05) is 36.2 Å². The summed E-state index contributed by atoms with van der Waals surface area (Å²) >= 11 is 3.46. The summed E-state index contributed by atoms with van der Waals surface area (Å²) in [4.78, 5) is 18.9. The first-order valence-corrected chi connectivity index (χ1v) is 9.07. The molecule has 3 rings (SSSR count). The molecule has 1 saturated heterocycles. The van der Waals surface area contributed by atoms with Gasteiger partial charge >= 0.3 is 0 Å². The maximum atomic E-state index is 12.0. The second-order valence-corrected chi connectivity index (χ2v) is 7.54. The number of piperidine rings is 1. The number of rotatable bonds is 4. The van der Waals surface area contributed by atoms with Crippen molar-refractivity contribution in [2.24, 2.45) is 5.92 Å². The Bertz CT molecular complexity index is 537. The fraction of sp³-hybridized carbons (Fsp3) is 0.647. The Morgan fingerprint density at radius 2 is 2.09 bits per heavy atom. The first kappa shape index (κ1) is 15.8. The highest BCUT2D eigenvalue weighted by Crippen LogP contribution is 2.27. The number of hydrogen-bond donors (Lipinski definition) is 1. The summed E-state index contributed by atoms with van der Waals surface area (Å²) < 4.78 is 1.02. The normalized spacial score (nSPS) is 19.8. The molecule has 120 valence electrons. The molecule has 2 fully saturated rings. The van der Waals surface area contributed by atoms with Gasteiger partial charge < -0.3 is 10.2 Å². The van der Waals surface area contributed by atoms with Crippen molar-refractivity contribution in [2.75, 3.05) is 18.0 Å². The molecule has 5 heteroatoms. The van der Waals surface area contributed by atoms with E-state index in [1.165, 1.54) is 24.8 Å². The van der Waals surface area contributed by atoms with Gasteiger partial charge in [-0.15, -0.1) is 0 Å². The number of hydrogen-bond acceptors (Lipinski definition) is 3. The Kier molecular flexibility index (Phi) is 5.01. The lowest BCUT2D eigenvalue weighted by molar-refractivity contribution is -0.123. The molecule has 0 spiro atoms. The summed E-state index contributed by atoms with van der Waals surface area (Å²) in [6.07, 6.45) is 8.31. The second-order valence-electron chi connectivity index (χ2n) is 6.62. The van der Waals surface area contributed by atoms with Crippen LogP contribution in [0.5, 0.6) is 0 Å². The number of nitrogens with zero attached hydrogens (tertiary/aromatic N) is 2. The number of carbonyl (C=O) groups is 1. The molecule has 0 aromatic carbocycles. The van der Waals surface area contributed by atoms with E-state index >= 15 is 0 Å². The minimum absolute atomic E-state index is 0.251. The number of halogens is 1. The molecule has 1 amide bonds. The van der Waals surface area contributed by atoms with Crippen LogP contribution in [0.1, 0.15) is 44.1 Å². The third kappa shape index (κ3) is 3.80. The molecule has 1 saturated carbocycles. The van der Waals surface area contributed by atoms with Crippen LogP contribution < -0.4 is 10.2 Å². The lowest BCUT2D eigenvalue weighted by Crippen LogP contribution is -2.41. The summed E-state index contributed by atoms with van der Waals surface area (Å²) in [5, 5.41) is 3.15. The first-order valence-electron chi connectivity index (χ1n) is 8.28. The number of carbonyl (C=O) groups excluding carboxylic acids is 1. The van der Waals surface area contributed by atoms with Gasteiger partial charge in [-0.2, -0.15) is 0 Å². The van der Waals surface area contributed by atoms with Crippen LogP contribution in [-0.4, -0.2) is 30.0 Å². The quantitative estimate of drug-likeness (QED) is 0.888. The van der Waals surface area contributed by atoms with Crippen molar-refractivity contribution in [2.45, 2.75) is 51.5 Å². The van der Waals surface area contributed by atoms with Gasteiger partial charge in [0.15, 0.2) is 0 Å². The van der Waals surface area contributed by atoms with Crippen LogP contribution in [0, 0.1) is 12.8 Å². The van der Waals surface area contributed by atoms with Crippen molar-refractivity contribution < 1.29 is 4.79 Å². The Balaban J connectivity index is 1.48. The van der Waals surface area contributed by atoms with Gasteiger partial charge in [-0.3, -0.25) is 4.79 Å². The van der Waals surface area contributed by atoms with Crippen LogP contribution in [-0.2, 0) is 4.79 Å². The largest absolute Gasteiger partial charge is 0.356 e. The smallest absolute Gasteiger partial charge is 0.220 e. The maximum absolute atomic E-state index is 12.0. The van der Waals surface area contributed by atoms with E-state index in [1.54, 1.807) is 0 Å². The van der Waals surface area contributed by atoms with Gasteiger partial charge in [0.05, 0.1) is 0 Å². The number of anilines is 1. The highest BCUT2D eigenvalue weighted by molar-refractivity contribution is 9.10. The van der Waals surface area contributed by atoms with Crippen LogP contribution in [0.15, 0.2) is 16.7 Å². The van der Waals surface area contributed by atoms with E-state index in [0.29, 0.717) is 18.4 Å². The van der Waals surface area contributed by atoms with Crippen LogP contribution in [0.2, 0.25) is 0 Å². The molecular formula is C17H24BrN3O. The molecule has 2 heterocycles. The molecule has 4 nitrogen and oxygen atoms in total. The number of amides is 1. The lowest BCUT2D eigenvalue weighted by Gasteiger charge is -2.34. The highest BCUT2D eigenvalue weighted by Gasteiger charge is 2.25. The highest BCUT2D eigenvalue weighted by atomic mass is 79.9. The van der Waals surface area contributed by atoms with E-state index in [2.05, 4.69) is 44.1 Å². The fourth-order valence-electron chi connectivity index (χ4n) is 3.31. The average molecular weight is 366 g/mol. The van der Waals surface area contributed by atoms with E-state index in [1.807, 2.05) is 6.20 Å². The molecule has 1 aromatic heterocycles. The molecule has 0 bridgehead atoms. The van der Waals surface area contributed by atoms with Crippen molar-refractivity contribution in [1.82, 2.24) is 10.3 Å². The third-order valence-electron chi connectivity index (χ3n) is 4.88. The fourth-order valence-corrected chi connectivity index (χ4v) is 3.76. The lowest BCUT2D eigenvalue weighted by atomic mass is 9.90. The number of nitrogens with one attached hydrogen (secondary N) is 1. The SMILES string of the molecule is Cc1cc(Br)cnc1N1CCC(CC(=O)NC2CCC2)CC1. The predicted octanol–water partition coefficient (Wildman–Crippen LogP) is 3.43. The summed E-state index contributed by atoms with van der Waals surface area (Å²) in [5.41, 5.74) is 1.20. The minimum Gasteiger partial charge on any atom is -0.356 e. The van der Waals surface area contributed by atoms with E-state index < -0.39 is 0 Å². The molecule has 1 N–H and O–H groups in total. The number of aromatic nitrogens is 1. The van der Waals surface area contributed by atoms with Crippen LogP contribution in [0.25, 0.3) is 0 Å². The maximum Gasteiger partial charge on any atom is 0.220 e. The van der Waals surface area contributed by atoms with Gasteiger partial charge in [0.2, 0.25) is 5.91 Å². The molecule has 0 radical (unpaired) electrons. The molecule has 0 unspecified atom stereocenters. The monoisotopic (exact) mass is 365 g/mol. The van der Waals surface area contributed by atoms with Crippen molar-refractivity contribution in [3.05, 3.63) is 22.3 Å². The first-order chi connectivity index (χ1) is 10.6. The standard InChI is InChI=1S/C17H24BrN3O/c1-12-9-14(18)11-19-17(12)21-7-5-13(6-8-21)10-16(22)20-15-3-2-4-15/h9,11,13,15H,2-8,10H2,1H3,(H,20,22). The van der Waals surface area contributed by atoms with Gasteiger partial charge in [-0.25, -0.2) is 4.98 Å². The predicted molar refractivity (Wildman–Crippen MR) is 92.0 cm³/mol. The molecule has 1 aromatic rings. The second kappa shape index (κ2) is 6.99. The molecule has 1 aliphatic carbocycles. The Morgan fingerprint density at radius 3 is 2.68 bits per heavy atom. The molecule has 1 aliphatic heterocycles. The minimum atomic E-state index is 0.251. The number of aryl methyl sites for hydroxylation is 1. The Labute approximate surface area is 140 Å². The molecule has 22 heavy (non-hydrogen) atoms. The van der Waals surface area contributed by atoms with Crippen molar-refractivity contribution >= 4 is 27.7 Å².